The molecule has 0 saturated heterocycles. The van der Waals surface area contributed by atoms with Gasteiger partial charge < -0.3 is 10.1 Å². The Morgan fingerprint density at radius 1 is 1.56 bits per heavy atom. The summed E-state index contributed by atoms with van der Waals surface area (Å²) in [6, 6.07) is 0.946. The lowest BCUT2D eigenvalue weighted by molar-refractivity contribution is 0.0835. The second-order valence-electron chi connectivity index (χ2n) is 4.71. The number of fused-ring (bicyclic) bond motifs is 1. The molecule has 0 radical (unpaired) electrons. The van der Waals surface area contributed by atoms with Gasteiger partial charge in [0.2, 0.25) is 0 Å². The van der Waals surface area contributed by atoms with Crippen molar-refractivity contribution in [3.63, 3.8) is 0 Å². The van der Waals surface area contributed by atoms with E-state index in [0.717, 1.165) is 12.8 Å². The third-order valence-corrected chi connectivity index (χ3v) is 3.59. The monoisotopic (exact) mass is 223 g/mol. The van der Waals surface area contributed by atoms with Gasteiger partial charge in [-0.2, -0.15) is 5.10 Å². The lowest BCUT2D eigenvalue weighted by Gasteiger charge is -2.29. The average molecular weight is 223 g/mol. The van der Waals surface area contributed by atoms with Crippen LogP contribution >= 0.6 is 0 Å². The van der Waals surface area contributed by atoms with Crippen LogP contribution in [0.4, 0.5) is 0 Å². The van der Waals surface area contributed by atoms with E-state index in [4.69, 9.17) is 4.74 Å². The normalized spacial score (nSPS) is 23.8. The van der Waals surface area contributed by atoms with Gasteiger partial charge in [-0.1, -0.05) is 0 Å². The molecule has 0 fully saturated rings. The quantitative estimate of drug-likeness (QED) is 0.808. The van der Waals surface area contributed by atoms with E-state index in [9.17, 15) is 0 Å². The molecule has 4 nitrogen and oxygen atoms in total. The highest BCUT2D eigenvalue weighted by molar-refractivity contribution is 5.21. The number of ether oxygens (including phenoxy) is 1. The van der Waals surface area contributed by atoms with Gasteiger partial charge in [-0.3, -0.25) is 5.10 Å². The molecule has 1 aliphatic carbocycles. The van der Waals surface area contributed by atoms with Crippen molar-refractivity contribution in [2.24, 2.45) is 0 Å². The minimum atomic E-state index is 0.255. The molecule has 1 heterocycles. The number of H-pyrrole nitrogens is 1. The van der Waals surface area contributed by atoms with Gasteiger partial charge >= 0.3 is 0 Å². The minimum absolute atomic E-state index is 0.255. The van der Waals surface area contributed by atoms with E-state index in [0.29, 0.717) is 12.1 Å². The van der Waals surface area contributed by atoms with E-state index in [1.807, 2.05) is 6.20 Å². The average Bonchev–Trinajstić information content (AvgIpc) is 2.75. The van der Waals surface area contributed by atoms with Crippen LogP contribution in [0, 0.1) is 0 Å². The first-order chi connectivity index (χ1) is 7.70. The van der Waals surface area contributed by atoms with Crippen LogP contribution in [-0.2, 0) is 17.6 Å². The maximum Gasteiger partial charge on any atom is 0.0693 e. The molecule has 0 aromatic carbocycles. The molecule has 1 aliphatic rings. The van der Waals surface area contributed by atoms with E-state index < -0.39 is 0 Å². The summed E-state index contributed by atoms with van der Waals surface area (Å²) in [6.45, 7) is 4.28. The van der Waals surface area contributed by atoms with Crippen molar-refractivity contribution in [3.8, 4) is 0 Å². The maximum atomic E-state index is 5.33. The molecule has 0 spiro atoms. The molecule has 16 heavy (non-hydrogen) atoms. The summed E-state index contributed by atoms with van der Waals surface area (Å²) in [6.07, 6.45) is 5.56. The molecule has 90 valence electrons. The summed E-state index contributed by atoms with van der Waals surface area (Å²) in [4.78, 5) is 0. The smallest absolute Gasteiger partial charge is 0.0693 e. The summed E-state index contributed by atoms with van der Waals surface area (Å²) >= 11 is 0. The predicted octanol–water partition coefficient (Wildman–Crippen LogP) is 1.28. The van der Waals surface area contributed by atoms with Crippen LogP contribution in [0.25, 0.3) is 0 Å². The van der Waals surface area contributed by atoms with E-state index in [1.165, 1.54) is 17.7 Å². The molecule has 2 rings (SSSR count). The fourth-order valence-corrected chi connectivity index (χ4v) is 2.27. The zero-order valence-corrected chi connectivity index (χ0v) is 10.3. The minimum Gasteiger partial charge on any atom is -0.380 e. The van der Waals surface area contributed by atoms with Crippen LogP contribution < -0.4 is 5.32 Å². The summed E-state index contributed by atoms with van der Waals surface area (Å²) in [5.41, 5.74) is 2.67. The SMILES string of the molecule is COC(C)C(C)NC1CCc2[nH]ncc2C1. The van der Waals surface area contributed by atoms with Gasteiger partial charge in [0, 0.05) is 24.9 Å². The van der Waals surface area contributed by atoms with Crippen molar-refractivity contribution in [2.45, 2.75) is 51.3 Å². The van der Waals surface area contributed by atoms with Crippen molar-refractivity contribution in [3.05, 3.63) is 17.5 Å². The Balaban J connectivity index is 1.89. The van der Waals surface area contributed by atoms with Gasteiger partial charge in [0.15, 0.2) is 0 Å². The largest absolute Gasteiger partial charge is 0.380 e. The third-order valence-electron chi connectivity index (χ3n) is 3.59. The predicted molar refractivity (Wildman–Crippen MR) is 63.5 cm³/mol. The molecular formula is C12H21N3O. The zero-order valence-electron chi connectivity index (χ0n) is 10.3. The van der Waals surface area contributed by atoms with Crippen LogP contribution in [0.15, 0.2) is 6.20 Å². The van der Waals surface area contributed by atoms with Crippen molar-refractivity contribution in [2.75, 3.05) is 7.11 Å². The molecule has 0 amide bonds. The highest BCUT2D eigenvalue weighted by Crippen LogP contribution is 2.19. The number of nitrogens with one attached hydrogen (secondary N) is 2. The van der Waals surface area contributed by atoms with Crippen molar-refractivity contribution < 1.29 is 4.74 Å². The number of aromatic nitrogens is 2. The van der Waals surface area contributed by atoms with Crippen LogP contribution in [0.2, 0.25) is 0 Å². The van der Waals surface area contributed by atoms with Crippen LogP contribution in [0.3, 0.4) is 0 Å². The van der Waals surface area contributed by atoms with Crippen LogP contribution in [0.5, 0.6) is 0 Å². The summed E-state index contributed by atoms with van der Waals surface area (Å²) in [5, 5.41) is 10.8. The number of rotatable bonds is 4. The van der Waals surface area contributed by atoms with Gasteiger partial charge in [0.05, 0.1) is 12.3 Å². The number of hydrogen-bond donors (Lipinski definition) is 2. The first kappa shape index (κ1) is 11.6. The van der Waals surface area contributed by atoms with Gasteiger partial charge in [-0.05, 0) is 38.7 Å². The van der Waals surface area contributed by atoms with E-state index in [2.05, 4.69) is 29.4 Å². The van der Waals surface area contributed by atoms with Gasteiger partial charge in [0.25, 0.3) is 0 Å². The lowest BCUT2D eigenvalue weighted by Crippen LogP contribution is -2.45. The Kier molecular flexibility index (Phi) is 3.61. The Bertz CT molecular complexity index is 337. The molecule has 3 atom stereocenters. The van der Waals surface area contributed by atoms with Crippen molar-refractivity contribution in [1.29, 1.82) is 0 Å². The zero-order chi connectivity index (χ0) is 11.5. The van der Waals surface area contributed by atoms with Crippen molar-refractivity contribution in [1.82, 2.24) is 15.5 Å². The maximum absolute atomic E-state index is 5.33. The standard InChI is InChI=1S/C12H21N3O/c1-8(9(2)16-3)14-11-4-5-12-10(6-11)7-13-15-12/h7-9,11,14H,4-6H2,1-3H3,(H,13,15). The second kappa shape index (κ2) is 4.97. The molecule has 0 bridgehead atoms. The fourth-order valence-electron chi connectivity index (χ4n) is 2.27. The van der Waals surface area contributed by atoms with E-state index in [-0.39, 0.29) is 6.10 Å². The number of aryl methyl sites for hydroxylation is 1. The van der Waals surface area contributed by atoms with E-state index >= 15 is 0 Å². The molecule has 0 saturated carbocycles. The van der Waals surface area contributed by atoms with Gasteiger partial charge in [0.1, 0.15) is 0 Å². The van der Waals surface area contributed by atoms with E-state index in [1.54, 1.807) is 7.11 Å². The molecule has 1 aromatic heterocycles. The number of aromatic amines is 1. The van der Waals surface area contributed by atoms with Gasteiger partial charge in [-0.25, -0.2) is 0 Å². The first-order valence-electron chi connectivity index (χ1n) is 6.00. The molecule has 3 unspecified atom stereocenters. The topological polar surface area (TPSA) is 49.9 Å². The summed E-state index contributed by atoms with van der Waals surface area (Å²) in [7, 11) is 1.76. The summed E-state index contributed by atoms with van der Waals surface area (Å²) in [5.74, 6) is 0. The Morgan fingerprint density at radius 2 is 2.38 bits per heavy atom. The third kappa shape index (κ3) is 2.44. The highest BCUT2D eigenvalue weighted by Gasteiger charge is 2.22. The molecule has 0 aliphatic heterocycles. The lowest BCUT2D eigenvalue weighted by atomic mass is 9.93. The first-order valence-corrected chi connectivity index (χ1v) is 6.00. The fraction of sp³-hybridized carbons (Fsp3) is 0.750. The van der Waals surface area contributed by atoms with Crippen molar-refractivity contribution >= 4 is 0 Å². The Morgan fingerprint density at radius 3 is 3.12 bits per heavy atom. The highest BCUT2D eigenvalue weighted by atomic mass is 16.5. The Labute approximate surface area is 96.8 Å². The second-order valence-corrected chi connectivity index (χ2v) is 4.71. The number of hydrogen-bond acceptors (Lipinski definition) is 3. The van der Waals surface area contributed by atoms with Crippen LogP contribution in [0.1, 0.15) is 31.5 Å². The molecule has 4 heteroatoms. The molecule has 2 N–H and O–H groups in total. The van der Waals surface area contributed by atoms with Crippen LogP contribution in [-0.4, -0.2) is 35.5 Å². The number of nitrogens with zero attached hydrogens (tertiary/aromatic N) is 1. The number of methoxy groups -OCH3 is 1. The molecular weight excluding hydrogens is 202 g/mol. The molecule has 1 aromatic rings. The Hall–Kier alpha value is -0.870. The summed E-state index contributed by atoms with van der Waals surface area (Å²) < 4.78 is 5.33. The van der Waals surface area contributed by atoms with Gasteiger partial charge in [-0.15, -0.1) is 0 Å².